The topological polar surface area (TPSA) is 75.4 Å². The molecule has 0 saturated heterocycles. The first kappa shape index (κ1) is 14.8. The fourth-order valence-corrected chi connectivity index (χ4v) is 3.06. The number of benzene rings is 1. The first-order valence-corrected chi connectivity index (χ1v) is 7.93. The van der Waals surface area contributed by atoms with Crippen molar-refractivity contribution in [3.63, 3.8) is 0 Å². The summed E-state index contributed by atoms with van der Waals surface area (Å²) in [5, 5.41) is 7.09. The standard InChI is InChI=1S/C17H18N6O/c1-22-11-13-6-3-2-5-12(13)9-14(22)10-19-16(24)15-20-17-18-7-4-8-23(17)21-15/h2-8,14H,9-11H2,1H3,(H,19,24)/t14-/m1/s1. The molecular formula is C17H18N6O. The lowest BCUT2D eigenvalue weighted by Crippen LogP contribution is -2.45. The van der Waals surface area contributed by atoms with Crippen molar-refractivity contribution in [2.75, 3.05) is 13.6 Å². The molecule has 2 aromatic heterocycles. The first-order chi connectivity index (χ1) is 11.7. The van der Waals surface area contributed by atoms with Crippen molar-refractivity contribution in [2.24, 2.45) is 0 Å². The van der Waals surface area contributed by atoms with E-state index in [9.17, 15) is 4.79 Å². The van der Waals surface area contributed by atoms with Gasteiger partial charge in [0.1, 0.15) is 0 Å². The summed E-state index contributed by atoms with van der Waals surface area (Å²) >= 11 is 0. The lowest BCUT2D eigenvalue weighted by molar-refractivity contribution is 0.0924. The molecule has 0 aliphatic carbocycles. The second-order valence-corrected chi connectivity index (χ2v) is 6.05. The molecule has 0 bridgehead atoms. The van der Waals surface area contributed by atoms with Crippen LogP contribution in [0.3, 0.4) is 0 Å². The molecular weight excluding hydrogens is 304 g/mol. The van der Waals surface area contributed by atoms with Crippen LogP contribution in [0.5, 0.6) is 0 Å². The van der Waals surface area contributed by atoms with Crippen molar-refractivity contribution in [1.82, 2.24) is 29.8 Å². The van der Waals surface area contributed by atoms with Gasteiger partial charge in [0.15, 0.2) is 0 Å². The van der Waals surface area contributed by atoms with Gasteiger partial charge in [-0.2, -0.15) is 4.98 Å². The van der Waals surface area contributed by atoms with Crippen molar-refractivity contribution in [3.8, 4) is 0 Å². The minimum absolute atomic E-state index is 0.146. The fourth-order valence-electron chi connectivity index (χ4n) is 3.06. The molecule has 0 unspecified atom stereocenters. The van der Waals surface area contributed by atoms with E-state index in [0.717, 1.165) is 13.0 Å². The molecule has 1 atom stereocenters. The Kier molecular flexibility index (Phi) is 3.70. The van der Waals surface area contributed by atoms with Gasteiger partial charge < -0.3 is 5.32 Å². The van der Waals surface area contributed by atoms with Gasteiger partial charge in [0, 0.05) is 31.5 Å². The number of rotatable bonds is 3. The predicted molar refractivity (Wildman–Crippen MR) is 88.5 cm³/mol. The van der Waals surface area contributed by atoms with Crippen molar-refractivity contribution >= 4 is 11.7 Å². The minimum atomic E-state index is -0.271. The minimum Gasteiger partial charge on any atom is -0.348 e. The normalized spacial score (nSPS) is 17.6. The Morgan fingerprint density at radius 3 is 2.96 bits per heavy atom. The lowest BCUT2D eigenvalue weighted by atomic mass is 9.94. The van der Waals surface area contributed by atoms with Gasteiger partial charge in [-0.15, -0.1) is 5.10 Å². The van der Waals surface area contributed by atoms with Crippen molar-refractivity contribution in [1.29, 1.82) is 0 Å². The summed E-state index contributed by atoms with van der Waals surface area (Å²) in [6.07, 6.45) is 4.27. The summed E-state index contributed by atoms with van der Waals surface area (Å²) in [7, 11) is 2.08. The smallest absolute Gasteiger partial charge is 0.291 e. The highest BCUT2D eigenvalue weighted by molar-refractivity contribution is 5.90. The number of carbonyl (C=O) groups excluding carboxylic acids is 1. The van der Waals surface area contributed by atoms with Gasteiger partial charge in [-0.25, -0.2) is 9.50 Å². The second-order valence-electron chi connectivity index (χ2n) is 6.05. The number of fused-ring (bicyclic) bond motifs is 2. The van der Waals surface area contributed by atoms with Crippen LogP contribution >= 0.6 is 0 Å². The molecule has 0 radical (unpaired) electrons. The van der Waals surface area contributed by atoms with Crippen LogP contribution in [0.2, 0.25) is 0 Å². The molecule has 0 fully saturated rings. The van der Waals surface area contributed by atoms with Crippen molar-refractivity contribution in [3.05, 3.63) is 59.7 Å². The first-order valence-electron chi connectivity index (χ1n) is 7.93. The average Bonchev–Trinajstić information content (AvgIpc) is 3.04. The van der Waals surface area contributed by atoms with Crippen LogP contribution in [0.25, 0.3) is 5.78 Å². The van der Waals surface area contributed by atoms with E-state index < -0.39 is 0 Å². The second kappa shape index (κ2) is 6.01. The average molecular weight is 322 g/mol. The van der Waals surface area contributed by atoms with E-state index in [4.69, 9.17) is 0 Å². The molecule has 3 heterocycles. The molecule has 0 spiro atoms. The van der Waals surface area contributed by atoms with E-state index in [0.29, 0.717) is 12.3 Å². The van der Waals surface area contributed by atoms with Crippen LogP contribution in [-0.2, 0) is 13.0 Å². The summed E-state index contributed by atoms with van der Waals surface area (Å²) in [6.45, 7) is 1.46. The zero-order valence-corrected chi connectivity index (χ0v) is 13.4. The Hall–Kier alpha value is -2.80. The molecule has 1 N–H and O–H groups in total. The number of nitrogens with zero attached hydrogens (tertiary/aromatic N) is 5. The molecule has 1 aliphatic heterocycles. The third-order valence-corrected chi connectivity index (χ3v) is 4.43. The Bertz CT molecular complexity index is 856. The number of nitrogens with one attached hydrogen (secondary N) is 1. The van der Waals surface area contributed by atoms with Crippen molar-refractivity contribution < 1.29 is 4.79 Å². The number of amides is 1. The monoisotopic (exact) mass is 322 g/mol. The summed E-state index contributed by atoms with van der Waals surface area (Å²) in [5.41, 5.74) is 2.71. The largest absolute Gasteiger partial charge is 0.348 e. The molecule has 7 nitrogen and oxygen atoms in total. The maximum absolute atomic E-state index is 12.3. The Morgan fingerprint density at radius 2 is 2.12 bits per heavy atom. The number of carbonyl (C=O) groups is 1. The van der Waals surface area contributed by atoms with Gasteiger partial charge in [0.2, 0.25) is 5.82 Å². The summed E-state index contributed by atoms with van der Waals surface area (Å²) in [6, 6.07) is 10.5. The van der Waals surface area contributed by atoms with E-state index in [-0.39, 0.29) is 17.8 Å². The van der Waals surface area contributed by atoms with Gasteiger partial charge in [-0.05, 0) is 30.7 Å². The van der Waals surface area contributed by atoms with E-state index in [1.807, 2.05) is 0 Å². The van der Waals surface area contributed by atoms with Crippen LogP contribution in [0.1, 0.15) is 21.7 Å². The highest BCUT2D eigenvalue weighted by Crippen LogP contribution is 2.21. The maximum atomic E-state index is 12.3. The van der Waals surface area contributed by atoms with Gasteiger partial charge >= 0.3 is 0 Å². The zero-order chi connectivity index (χ0) is 16.5. The Balaban J connectivity index is 1.44. The van der Waals surface area contributed by atoms with E-state index in [1.165, 1.54) is 15.6 Å². The SMILES string of the molecule is CN1Cc2ccccc2C[C@@H]1CNC(=O)c1nc2ncccn2n1. The summed E-state index contributed by atoms with van der Waals surface area (Å²) in [5.74, 6) is 0.298. The van der Waals surface area contributed by atoms with Gasteiger partial charge in [0.05, 0.1) is 0 Å². The Morgan fingerprint density at radius 1 is 1.29 bits per heavy atom. The van der Waals surface area contributed by atoms with E-state index in [1.54, 1.807) is 18.5 Å². The molecule has 1 aromatic carbocycles. The summed E-state index contributed by atoms with van der Waals surface area (Å²) in [4.78, 5) is 22.8. The molecule has 24 heavy (non-hydrogen) atoms. The quantitative estimate of drug-likeness (QED) is 0.776. The van der Waals surface area contributed by atoms with Gasteiger partial charge in [-0.1, -0.05) is 24.3 Å². The molecule has 1 aliphatic rings. The van der Waals surface area contributed by atoms with E-state index in [2.05, 4.69) is 56.6 Å². The van der Waals surface area contributed by atoms with Gasteiger partial charge in [-0.3, -0.25) is 9.69 Å². The summed E-state index contributed by atoms with van der Waals surface area (Å²) < 4.78 is 1.50. The van der Waals surface area contributed by atoms with E-state index >= 15 is 0 Å². The molecule has 1 amide bonds. The molecule has 4 rings (SSSR count). The third-order valence-electron chi connectivity index (χ3n) is 4.43. The number of hydrogen-bond acceptors (Lipinski definition) is 5. The predicted octanol–water partition coefficient (Wildman–Crippen LogP) is 0.911. The maximum Gasteiger partial charge on any atom is 0.291 e. The van der Waals surface area contributed by atoms with Crippen LogP contribution in [0.4, 0.5) is 0 Å². The number of aromatic nitrogens is 4. The van der Waals surface area contributed by atoms with Crippen LogP contribution in [-0.4, -0.2) is 50.0 Å². The number of hydrogen-bond donors (Lipinski definition) is 1. The van der Waals surface area contributed by atoms with Crippen molar-refractivity contribution in [2.45, 2.75) is 19.0 Å². The van der Waals surface area contributed by atoms with Crippen LogP contribution in [0, 0.1) is 0 Å². The molecule has 0 saturated carbocycles. The highest BCUT2D eigenvalue weighted by Gasteiger charge is 2.24. The molecule has 3 aromatic rings. The molecule has 122 valence electrons. The van der Waals surface area contributed by atoms with Crippen LogP contribution < -0.4 is 5.32 Å². The zero-order valence-electron chi connectivity index (χ0n) is 13.4. The lowest BCUT2D eigenvalue weighted by Gasteiger charge is -2.34. The van der Waals surface area contributed by atoms with Gasteiger partial charge in [0.25, 0.3) is 11.7 Å². The molecule has 7 heteroatoms. The third kappa shape index (κ3) is 2.74. The highest BCUT2D eigenvalue weighted by atomic mass is 16.2. The Labute approximate surface area is 139 Å². The number of likely N-dealkylation sites (N-methyl/N-ethyl adjacent to an activating group) is 1. The fraction of sp³-hybridized carbons (Fsp3) is 0.294. The van der Waals surface area contributed by atoms with Crippen LogP contribution in [0.15, 0.2) is 42.7 Å².